The van der Waals surface area contributed by atoms with E-state index in [1.165, 1.54) is 12.8 Å². The zero-order valence-corrected chi connectivity index (χ0v) is 10.7. The first-order valence-electron chi connectivity index (χ1n) is 6.76. The first-order valence-corrected chi connectivity index (χ1v) is 6.76. The third kappa shape index (κ3) is 3.48. The zero-order valence-electron chi connectivity index (χ0n) is 10.7. The van der Waals surface area contributed by atoms with E-state index in [1.807, 2.05) is 4.90 Å². The number of hydrogen-bond donors (Lipinski definition) is 1. The molecule has 1 rings (SSSR count). The summed E-state index contributed by atoms with van der Waals surface area (Å²) in [6, 6.07) is 0.177. The van der Waals surface area contributed by atoms with Crippen molar-refractivity contribution >= 4 is 5.91 Å². The van der Waals surface area contributed by atoms with Crippen LogP contribution in [-0.4, -0.2) is 29.4 Å². The number of likely N-dealkylation sites (tertiary alicyclic amines) is 1. The zero-order chi connectivity index (χ0) is 12.0. The maximum atomic E-state index is 12.2. The van der Waals surface area contributed by atoms with Gasteiger partial charge in [0.15, 0.2) is 0 Å². The molecular weight excluding hydrogens is 200 g/mol. The molecule has 94 valence electrons. The van der Waals surface area contributed by atoms with Gasteiger partial charge in [0.25, 0.3) is 0 Å². The Hall–Kier alpha value is -0.570. The minimum Gasteiger partial charge on any atom is -0.338 e. The topological polar surface area (TPSA) is 46.3 Å². The lowest BCUT2D eigenvalue weighted by molar-refractivity contribution is -0.136. The van der Waals surface area contributed by atoms with Crippen LogP contribution < -0.4 is 5.73 Å². The summed E-state index contributed by atoms with van der Waals surface area (Å²) in [5.41, 5.74) is 5.93. The average Bonchev–Trinajstić information content (AvgIpc) is 2.29. The molecule has 1 aliphatic rings. The van der Waals surface area contributed by atoms with Crippen LogP contribution in [0, 0.1) is 0 Å². The van der Waals surface area contributed by atoms with E-state index in [-0.39, 0.29) is 11.9 Å². The van der Waals surface area contributed by atoms with E-state index in [0.717, 1.165) is 38.6 Å². The minimum absolute atomic E-state index is 0.181. The summed E-state index contributed by atoms with van der Waals surface area (Å²) >= 11 is 0. The van der Waals surface area contributed by atoms with Crippen LogP contribution in [0.3, 0.4) is 0 Å². The molecule has 0 radical (unpaired) electrons. The molecule has 3 heteroatoms. The molecule has 1 heterocycles. The quantitative estimate of drug-likeness (QED) is 0.782. The van der Waals surface area contributed by atoms with E-state index in [0.29, 0.717) is 6.04 Å². The molecule has 1 amide bonds. The van der Waals surface area contributed by atoms with E-state index < -0.39 is 0 Å². The minimum atomic E-state index is -0.276. The van der Waals surface area contributed by atoms with Crippen LogP contribution in [0.25, 0.3) is 0 Å². The molecule has 0 aliphatic carbocycles. The second-order valence-electron chi connectivity index (χ2n) is 4.87. The molecule has 0 bridgehead atoms. The predicted octanol–water partition coefficient (Wildman–Crippen LogP) is 2.29. The Morgan fingerprint density at radius 3 is 2.75 bits per heavy atom. The van der Waals surface area contributed by atoms with Crippen LogP contribution in [-0.2, 0) is 4.79 Å². The Labute approximate surface area is 99.4 Å². The van der Waals surface area contributed by atoms with Crippen molar-refractivity contribution < 1.29 is 4.79 Å². The van der Waals surface area contributed by atoms with E-state index in [2.05, 4.69) is 13.8 Å². The maximum Gasteiger partial charge on any atom is 0.239 e. The van der Waals surface area contributed by atoms with Gasteiger partial charge in [0.05, 0.1) is 6.04 Å². The van der Waals surface area contributed by atoms with Gasteiger partial charge in [-0.3, -0.25) is 4.79 Å². The first-order chi connectivity index (χ1) is 7.70. The molecule has 0 aromatic carbocycles. The predicted molar refractivity (Wildman–Crippen MR) is 67.1 cm³/mol. The van der Waals surface area contributed by atoms with Crippen molar-refractivity contribution in [2.45, 2.75) is 70.9 Å². The highest BCUT2D eigenvalue weighted by molar-refractivity contribution is 5.82. The molecule has 2 N–H and O–H groups in total. The SMILES string of the molecule is CCCC(N)C(=O)N1CCCCC1CCC. The fourth-order valence-electron chi connectivity index (χ4n) is 2.57. The molecule has 1 saturated heterocycles. The van der Waals surface area contributed by atoms with Crippen molar-refractivity contribution in [2.24, 2.45) is 5.73 Å². The molecule has 0 aromatic rings. The molecule has 1 aliphatic heterocycles. The highest BCUT2D eigenvalue weighted by Crippen LogP contribution is 2.21. The van der Waals surface area contributed by atoms with Gasteiger partial charge in [-0.15, -0.1) is 0 Å². The van der Waals surface area contributed by atoms with Gasteiger partial charge < -0.3 is 10.6 Å². The van der Waals surface area contributed by atoms with E-state index >= 15 is 0 Å². The maximum absolute atomic E-state index is 12.2. The summed E-state index contributed by atoms with van der Waals surface area (Å²) in [4.78, 5) is 14.2. The highest BCUT2D eigenvalue weighted by atomic mass is 16.2. The van der Waals surface area contributed by atoms with Crippen molar-refractivity contribution in [1.29, 1.82) is 0 Å². The third-order valence-corrected chi connectivity index (χ3v) is 3.45. The van der Waals surface area contributed by atoms with Crippen molar-refractivity contribution in [3.05, 3.63) is 0 Å². The van der Waals surface area contributed by atoms with Crippen molar-refractivity contribution in [3.63, 3.8) is 0 Å². The number of carbonyl (C=O) groups is 1. The lowest BCUT2D eigenvalue weighted by atomic mass is 9.97. The van der Waals surface area contributed by atoms with Crippen LogP contribution in [0.4, 0.5) is 0 Å². The second kappa shape index (κ2) is 6.89. The van der Waals surface area contributed by atoms with Crippen LogP contribution >= 0.6 is 0 Å². The summed E-state index contributed by atoms with van der Waals surface area (Å²) in [5.74, 6) is 0.181. The number of nitrogens with zero attached hydrogens (tertiary/aromatic N) is 1. The smallest absolute Gasteiger partial charge is 0.239 e. The Morgan fingerprint density at radius 2 is 2.12 bits per heavy atom. The number of hydrogen-bond acceptors (Lipinski definition) is 2. The van der Waals surface area contributed by atoms with Crippen molar-refractivity contribution in [2.75, 3.05) is 6.54 Å². The molecule has 16 heavy (non-hydrogen) atoms. The van der Waals surface area contributed by atoms with Crippen LogP contribution in [0.2, 0.25) is 0 Å². The molecule has 3 nitrogen and oxygen atoms in total. The van der Waals surface area contributed by atoms with Gasteiger partial charge >= 0.3 is 0 Å². The summed E-state index contributed by atoms with van der Waals surface area (Å²) in [7, 11) is 0. The van der Waals surface area contributed by atoms with Gasteiger partial charge in [-0.1, -0.05) is 26.7 Å². The molecule has 0 saturated carbocycles. The highest BCUT2D eigenvalue weighted by Gasteiger charge is 2.28. The van der Waals surface area contributed by atoms with Crippen LogP contribution in [0.15, 0.2) is 0 Å². The van der Waals surface area contributed by atoms with E-state index in [9.17, 15) is 4.79 Å². The summed E-state index contributed by atoms with van der Waals surface area (Å²) < 4.78 is 0. The molecule has 2 unspecified atom stereocenters. The van der Waals surface area contributed by atoms with Crippen molar-refractivity contribution in [1.82, 2.24) is 4.90 Å². The lowest BCUT2D eigenvalue weighted by Gasteiger charge is -2.37. The molecule has 0 spiro atoms. The Balaban J connectivity index is 2.56. The second-order valence-corrected chi connectivity index (χ2v) is 4.87. The van der Waals surface area contributed by atoms with Gasteiger partial charge in [-0.25, -0.2) is 0 Å². The Morgan fingerprint density at radius 1 is 1.38 bits per heavy atom. The van der Waals surface area contributed by atoms with Crippen molar-refractivity contribution in [3.8, 4) is 0 Å². The Kier molecular flexibility index (Phi) is 5.81. The summed E-state index contributed by atoms with van der Waals surface area (Å²) in [6.07, 6.45) is 7.65. The number of nitrogens with two attached hydrogens (primary N) is 1. The van der Waals surface area contributed by atoms with E-state index in [4.69, 9.17) is 5.73 Å². The number of carbonyl (C=O) groups excluding carboxylic acids is 1. The van der Waals surface area contributed by atoms with Gasteiger partial charge in [0.1, 0.15) is 0 Å². The fraction of sp³-hybridized carbons (Fsp3) is 0.923. The molecule has 1 fully saturated rings. The van der Waals surface area contributed by atoms with E-state index in [1.54, 1.807) is 0 Å². The normalized spacial score (nSPS) is 23.2. The summed E-state index contributed by atoms with van der Waals surface area (Å²) in [6.45, 7) is 5.18. The standard InChI is InChI=1S/C13H26N2O/c1-3-7-11-9-5-6-10-15(11)13(16)12(14)8-4-2/h11-12H,3-10,14H2,1-2H3. The molecule has 0 aromatic heterocycles. The molecular formula is C13H26N2O. The average molecular weight is 226 g/mol. The van der Waals surface area contributed by atoms with Gasteiger partial charge in [-0.05, 0) is 32.1 Å². The number of rotatable bonds is 5. The van der Waals surface area contributed by atoms with Gasteiger partial charge in [0.2, 0.25) is 5.91 Å². The monoisotopic (exact) mass is 226 g/mol. The number of piperidine rings is 1. The van der Waals surface area contributed by atoms with Gasteiger partial charge in [0, 0.05) is 12.6 Å². The molecule has 2 atom stereocenters. The summed E-state index contributed by atoms with van der Waals surface area (Å²) in [5, 5.41) is 0. The van der Waals surface area contributed by atoms with Gasteiger partial charge in [-0.2, -0.15) is 0 Å². The van der Waals surface area contributed by atoms with Crippen LogP contribution in [0.1, 0.15) is 58.8 Å². The fourth-order valence-corrected chi connectivity index (χ4v) is 2.57. The first kappa shape index (κ1) is 13.5. The third-order valence-electron chi connectivity index (χ3n) is 3.45. The Bertz CT molecular complexity index is 216. The lowest BCUT2D eigenvalue weighted by Crippen LogP contribution is -2.50. The van der Waals surface area contributed by atoms with Crippen LogP contribution in [0.5, 0.6) is 0 Å². The number of amides is 1. The largest absolute Gasteiger partial charge is 0.338 e.